The first kappa shape index (κ1) is 22.7. The van der Waals surface area contributed by atoms with Gasteiger partial charge in [0.1, 0.15) is 0 Å². The lowest BCUT2D eigenvalue weighted by atomic mass is 9.70. The standard InChI is InChI=1S/C29H40F2/c1-2-6-21-11-13-23(14-12-21)24-15-17-25(18-16-24)27-20-19-26(28(30)29(27)31)10-5-9-22-7-3-4-8-22/h5,10,17,19-24H,2-4,6-9,11-16,18H2,1H3/b10-5-. The highest BCUT2D eigenvalue weighted by Gasteiger charge is 2.29. The fourth-order valence-electron chi connectivity index (χ4n) is 6.46. The van der Waals surface area contributed by atoms with Crippen molar-refractivity contribution in [3.63, 3.8) is 0 Å². The van der Waals surface area contributed by atoms with Crippen molar-refractivity contribution in [3.05, 3.63) is 47.0 Å². The lowest BCUT2D eigenvalue weighted by Gasteiger charge is -2.35. The minimum absolute atomic E-state index is 0.386. The molecule has 1 atom stereocenters. The average Bonchev–Trinajstić information content (AvgIpc) is 3.31. The molecular weight excluding hydrogens is 386 g/mol. The van der Waals surface area contributed by atoms with Crippen LogP contribution in [0.4, 0.5) is 8.78 Å². The zero-order chi connectivity index (χ0) is 21.6. The second-order valence-electron chi connectivity index (χ2n) is 10.5. The van der Waals surface area contributed by atoms with Crippen LogP contribution in [0.3, 0.4) is 0 Å². The van der Waals surface area contributed by atoms with Gasteiger partial charge < -0.3 is 0 Å². The van der Waals surface area contributed by atoms with Gasteiger partial charge in [-0.05, 0) is 67.8 Å². The van der Waals surface area contributed by atoms with Gasteiger partial charge in [0.25, 0.3) is 0 Å². The molecule has 0 bridgehead atoms. The Hall–Kier alpha value is -1.44. The van der Waals surface area contributed by atoms with E-state index in [1.165, 1.54) is 64.2 Å². The van der Waals surface area contributed by atoms with Crippen LogP contribution < -0.4 is 0 Å². The maximum Gasteiger partial charge on any atom is 0.166 e. The van der Waals surface area contributed by atoms with Crippen molar-refractivity contribution >= 4 is 11.6 Å². The summed E-state index contributed by atoms with van der Waals surface area (Å²) in [6.45, 7) is 2.29. The summed E-state index contributed by atoms with van der Waals surface area (Å²) >= 11 is 0. The highest BCUT2D eigenvalue weighted by Crippen LogP contribution is 2.42. The van der Waals surface area contributed by atoms with E-state index in [-0.39, 0.29) is 0 Å². The monoisotopic (exact) mass is 426 g/mol. The predicted octanol–water partition coefficient (Wildman–Crippen LogP) is 9.35. The molecular formula is C29H40F2. The van der Waals surface area contributed by atoms with Crippen LogP contribution >= 0.6 is 0 Å². The summed E-state index contributed by atoms with van der Waals surface area (Å²) in [4.78, 5) is 0. The van der Waals surface area contributed by atoms with Crippen molar-refractivity contribution in [2.24, 2.45) is 23.7 Å². The first-order chi connectivity index (χ1) is 15.2. The molecule has 3 aliphatic carbocycles. The fourth-order valence-corrected chi connectivity index (χ4v) is 6.46. The molecule has 0 aliphatic heterocycles. The lowest BCUT2D eigenvalue weighted by molar-refractivity contribution is 0.189. The molecule has 170 valence electrons. The van der Waals surface area contributed by atoms with E-state index < -0.39 is 11.6 Å². The van der Waals surface area contributed by atoms with Crippen molar-refractivity contribution in [2.45, 2.75) is 96.8 Å². The molecule has 1 unspecified atom stereocenters. The molecule has 0 aromatic heterocycles. The maximum atomic E-state index is 14.9. The number of hydrogen-bond donors (Lipinski definition) is 0. The van der Waals surface area contributed by atoms with Gasteiger partial charge in [-0.15, -0.1) is 0 Å². The van der Waals surface area contributed by atoms with Crippen molar-refractivity contribution in [1.82, 2.24) is 0 Å². The van der Waals surface area contributed by atoms with Gasteiger partial charge in [0.2, 0.25) is 0 Å². The Morgan fingerprint density at radius 1 is 0.871 bits per heavy atom. The first-order valence-corrected chi connectivity index (χ1v) is 13.0. The van der Waals surface area contributed by atoms with E-state index in [1.54, 1.807) is 18.2 Å². The molecule has 2 fully saturated rings. The van der Waals surface area contributed by atoms with Gasteiger partial charge in [-0.2, -0.15) is 0 Å². The lowest BCUT2D eigenvalue weighted by Crippen LogP contribution is -2.23. The summed E-state index contributed by atoms with van der Waals surface area (Å²) in [5, 5.41) is 0. The Balaban J connectivity index is 1.35. The van der Waals surface area contributed by atoms with Crippen LogP contribution in [0.15, 0.2) is 24.3 Å². The number of hydrogen-bond acceptors (Lipinski definition) is 0. The Kier molecular flexibility index (Phi) is 8.02. The fraction of sp³-hybridized carbons (Fsp3) is 0.655. The SMILES string of the molecule is CCCC1CCC(C2CC=C(c3ccc(/C=C\CC4CCCC4)c(F)c3F)CC2)CC1. The molecule has 0 nitrogen and oxygen atoms in total. The third-order valence-electron chi connectivity index (χ3n) is 8.41. The molecule has 3 aliphatic rings. The Morgan fingerprint density at radius 2 is 1.65 bits per heavy atom. The summed E-state index contributed by atoms with van der Waals surface area (Å²) in [5.74, 6) is 1.89. The molecule has 1 aromatic rings. The van der Waals surface area contributed by atoms with Gasteiger partial charge in [-0.3, -0.25) is 0 Å². The molecule has 0 N–H and O–H groups in total. The van der Waals surface area contributed by atoms with E-state index in [9.17, 15) is 8.78 Å². The zero-order valence-corrected chi connectivity index (χ0v) is 19.4. The minimum atomic E-state index is -0.683. The summed E-state index contributed by atoms with van der Waals surface area (Å²) in [7, 11) is 0. The van der Waals surface area contributed by atoms with Crippen molar-refractivity contribution in [3.8, 4) is 0 Å². The van der Waals surface area contributed by atoms with E-state index in [0.717, 1.165) is 54.9 Å². The highest BCUT2D eigenvalue weighted by atomic mass is 19.2. The molecule has 0 heterocycles. The third kappa shape index (κ3) is 5.68. The topological polar surface area (TPSA) is 0 Å². The number of rotatable bonds is 7. The van der Waals surface area contributed by atoms with Crippen molar-refractivity contribution < 1.29 is 8.78 Å². The first-order valence-electron chi connectivity index (χ1n) is 13.0. The quantitative estimate of drug-likeness (QED) is 0.407. The Bertz CT molecular complexity index is 776. The smallest absolute Gasteiger partial charge is 0.166 e. The van der Waals surface area contributed by atoms with Crippen LogP contribution in [-0.4, -0.2) is 0 Å². The van der Waals surface area contributed by atoms with E-state index in [0.29, 0.717) is 11.1 Å². The highest BCUT2D eigenvalue weighted by molar-refractivity contribution is 5.68. The second kappa shape index (κ2) is 10.9. The van der Waals surface area contributed by atoms with Crippen LogP contribution in [0.1, 0.15) is 108 Å². The van der Waals surface area contributed by atoms with E-state index in [4.69, 9.17) is 0 Å². The Labute approximate surface area is 188 Å². The van der Waals surface area contributed by atoms with Gasteiger partial charge in [0.05, 0.1) is 0 Å². The average molecular weight is 427 g/mol. The summed E-state index contributed by atoms with van der Waals surface area (Å²) in [6, 6.07) is 3.57. The van der Waals surface area contributed by atoms with Crippen LogP contribution in [-0.2, 0) is 0 Å². The van der Waals surface area contributed by atoms with Crippen LogP contribution in [0.5, 0.6) is 0 Å². The molecule has 4 rings (SSSR count). The van der Waals surface area contributed by atoms with Gasteiger partial charge >= 0.3 is 0 Å². The zero-order valence-electron chi connectivity index (χ0n) is 19.4. The van der Waals surface area contributed by atoms with Crippen molar-refractivity contribution in [2.75, 3.05) is 0 Å². The predicted molar refractivity (Wildman–Crippen MR) is 128 cm³/mol. The molecule has 0 amide bonds. The molecule has 31 heavy (non-hydrogen) atoms. The Morgan fingerprint density at radius 3 is 2.32 bits per heavy atom. The molecule has 0 radical (unpaired) electrons. The largest absolute Gasteiger partial charge is 0.203 e. The van der Waals surface area contributed by atoms with Gasteiger partial charge in [-0.1, -0.05) is 88.7 Å². The van der Waals surface area contributed by atoms with Crippen molar-refractivity contribution in [1.29, 1.82) is 0 Å². The second-order valence-corrected chi connectivity index (χ2v) is 10.5. The van der Waals surface area contributed by atoms with E-state index in [2.05, 4.69) is 13.0 Å². The molecule has 0 saturated heterocycles. The normalized spacial score (nSPS) is 27.7. The summed E-state index contributed by atoms with van der Waals surface area (Å²) in [6.07, 6.45) is 23.4. The van der Waals surface area contributed by atoms with Crippen LogP contribution in [0.25, 0.3) is 11.6 Å². The molecule has 2 saturated carbocycles. The number of allylic oxidation sites excluding steroid dienone is 3. The molecule has 0 spiro atoms. The summed E-state index contributed by atoms with van der Waals surface area (Å²) in [5.41, 5.74) is 1.88. The van der Waals surface area contributed by atoms with Gasteiger partial charge in [-0.25, -0.2) is 8.78 Å². The van der Waals surface area contributed by atoms with Crippen LogP contribution in [0.2, 0.25) is 0 Å². The maximum absolute atomic E-state index is 14.9. The number of benzene rings is 1. The van der Waals surface area contributed by atoms with Gasteiger partial charge in [0, 0.05) is 11.1 Å². The van der Waals surface area contributed by atoms with Gasteiger partial charge in [0.15, 0.2) is 11.6 Å². The number of halogens is 2. The van der Waals surface area contributed by atoms with Crippen LogP contribution in [0, 0.1) is 35.3 Å². The molecule has 1 aromatic carbocycles. The summed E-state index contributed by atoms with van der Waals surface area (Å²) < 4.78 is 29.6. The van der Waals surface area contributed by atoms with E-state index >= 15 is 0 Å². The third-order valence-corrected chi connectivity index (χ3v) is 8.41. The molecule has 2 heteroatoms. The van der Waals surface area contributed by atoms with E-state index in [1.807, 2.05) is 6.08 Å². The minimum Gasteiger partial charge on any atom is -0.203 e.